The zero-order chi connectivity index (χ0) is 18.5. The molecule has 2 heteroatoms. The molecule has 0 spiro atoms. The first-order valence-electron chi connectivity index (χ1n) is 10.2. The van der Waals surface area contributed by atoms with E-state index in [1.165, 1.54) is 38.5 Å². The number of ether oxygens (including phenoxy) is 2. The monoisotopic (exact) mass is 353 g/mol. The molecule has 0 atom stereocenters. The molecule has 1 radical (unpaired) electrons. The third-order valence-corrected chi connectivity index (χ3v) is 4.50. The molecule has 26 heavy (non-hydrogen) atoms. The lowest BCUT2D eigenvalue weighted by Gasteiger charge is -2.14. The summed E-state index contributed by atoms with van der Waals surface area (Å²) >= 11 is 0. The molecule has 2 aromatic rings. The second kappa shape index (κ2) is 12.4. The van der Waals surface area contributed by atoms with Crippen molar-refractivity contribution in [1.29, 1.82) is 0 Å². The van der Waals surface area contributed by atoms with Crippen LogP contribution in [0.5, 0.6) is 11.5 Å². The van der Waals surface area contributed by atoms with E-state index in [0.717, 1.165) is 48.7 Å². The molecule has 0 amide bonds. The summed E-state index contributed by atoms with van der Waals surface area (Å²) < 4.78 is 12.1. The third kappa shape index (κ3) is 7.11. The molecule has 0 N–H and O–H groups in total. The van der Waals surface area contributed by atoms with Crippen LogP contribution in [0, 0.1) is 6.07 Å². The largest absolute Gasteiger partial charge is 0.493 e. The minimum atomic E-state index is 0.756. The molecule has 0 bridgehead atoms. The maximum Gasteiger partial charge on any atom is 0.130 e. The van der Waals surface area contributed by atoms with Crippen LogP contribution in [0.2, 0.25) is 0 Å². The minimum absolute atomic E-state index is 0.756. The van der Waals surface area contributed by atoms with Crippen molar-refractivity contribution in [2.75, 3.05) is 13.2 Å². The minimum Gasteiger partial charge on any atom is -0.493 e. The van der Waals surface area contributed by atoms with E-state index < -0.39 is 0 Å². The Balaban J connectivity index is 2.01. The maximum absolute atomic E-state index is 6.13. The molecular weight excluding hydrogens is 320 g/mol. The first-order valence-corrected chi connectivity index (χ1v) is 10.2. The van der Waals surface area contributed by atoms with Crippen molar-refractivity contribution >= 4 is 0 Å². The summed E-state index contributed by atoms with van der Waals surface area (Å²) in [7, 11) is 0. The van der Waals surface area contributed by atoms with Gasteiger partial charge in [0.1, 0.15) is 11.5 Å². The van der Waals surface area contributed by atoms with Crippen LogP contribution in [0.25, 0.3) is 11.1 Å². The normalized spacial score (nSPS) is 10.7. The fraction of sp³-hybridized carbons (Fsp3) is 0.500. The Labute approximate surface area is 159 Å². The molecule has 0 aliphatic heterocycles. The van der Waals surface area contributed by atoms with Crippen molar-refractivity contribution in [3.63, 3.8) is 0 Å². The highest BCUT2D eigenvalue weighted by Crippen LogP contribution is 2.33. The molecule has 0 saturated carbocycles. The summed E-state index contributed by atoms with van der Waals surface area (Å²) in [6, 6.07) is 17.3. The lowest BCUT2D eigenvalue weighted by atomic mass is 10.0. The van der Waals surface area contributed by atoms with Crippen molar-refractivity contribution in [3.8, 4) is 22.6 Å². The summed E-state index contributed by atoms with van der Waals surface area (Å²) in [6.07, 6.45) is 9.70. The molecule has 0 saturated heterocycles. The molecule has 0 aliphatic rings. The number of rotatable bonds is 13. The Morgan fingerprint density at radius 3 is 2.04 bits per heavy atom. The van der Waals surface area contributed by atoms with E-state index >= 15 is 0 Å². The topological polar surface area (TPSA) is 18.5 Å². The van der Waals surface area contributed by atoms with Crippen molar-refractivity contribution in [2.45, 2.75) is 65.2 Å². The summed E-state index contributed by atoms with van der Waals surface area (Å²) in [5.74, 6) is 1.81. The Morgan fingerprint density at radius 2 is 1.38 bits per heavy atom. The van der Waals surface area contributed by atoms with Gasteiger partial charge in [-0.15, -0.1) is 0 Å². The van der Waals surface area contributed by atoms with Gasteiger partial charge < -0.3 is 9.47 Å². The van der Waals surface area contributed by atoms with E-state index in [-0.39, 0.29) is 0 Å². The van der Waals surface area contributed by atoms with Crippen LogP contribution in [-0.4, -0.2) is 13.2 Å². The zero-order valence-corrected chi connectivity index (χ0v) is 16.4. The van der Waals surface area contributed by atoms with Crippen LogP contribution in [0.15, 0.2) is 42.5 Å². The number of benzene rings is 2. The first kappa shape index (κ1) is 20.4. The smallest absolute Gasteiger partial charge is 0.130 e. The van der Waals surface area contributed by atoms with Crippen LogP contribution in [0.4, 0.5) is 0 Å². The van der Waals surface area contributed by atoms with Crippen molar-refractivity contribution in [3.05, 3.63) is 48.5 Å². The van der Waals surface area contributed by atoms with Crippen LogP contribution in [0.1, 0.15) is 65.2 Å². The summed E-state index contributed by atoms with van der Waals surface area (Å²) in [5, 5.41) is 0. The highest BCUT2D eigenvalue weighted by Gasteiger charge is 2.09. The molecule has 141 valence electrons. The van der Waals surface area contributed by atoms with Crippen molar-refractivity contribution in [1.82, 2.24) is 0 Å². The van der Waals surface area contributed by atoms with E-state index in [9.17, 15) is 0 Å². The molecule has 0 aromatic heterocycles. The van der Waals surface area contributed by atoms with E-state index in [4.69, 9.17) is 9.47 Å². The van der Waals surface area contributed by atoms with Gasteiger partial charge in [-0.3, -0.25) is 0 Å². The number of unbranched alkanes of at least 4 members (excludes halogenated alkanes) is 6. The van der Waals surface area contributed by atoms with E-state index in [0.29, 0.717) is 0 Å². The summed E-state index contributed by atoms with van der Waals surface area (Å²) in [5.41, 5.74) is 2.27. The predicted molar refractivity (Wildman–Crippen MR) is 110 cm³/mol. The molecule has 2 aromatic carbocycles. The summed E-state index contributed by atoms with van der Waals surface area (Å²) in [6.45, 7) is 5.99. The van der Waals surface area contributed by atoms with E-state index in [1.54, 1.807) is 0 Å². The second-order valence-corrected chi connectivity index (χ2v) is 6.76. The number of hydrogen-bond acceptors (Lipinski definition) is 2. The van der Waals surface area contributed by atoms with Gasteiger partial charge >= 0.3 is 0 Å². The Kier molecular flexibility index (Phi) is 9.71. The Morgan fingerprint density at radius 1 is 0.731 bits per heavy atom. The van der Waals surface area contributed by atoms with Gasteiger partial charge in [0, 0.05) is 11.6 Å². The number of hydrogen-bond donors (Lipinski definition) is 0. The lowest BCUT2D eigenvalue weighted by molar-refractivity contribution is 0.291. The van der Waals surface area contributed by atoms with Crippen LogP contribution in [0.3, 0.4) is 0 Å². The van der Waals surface area contributed by atoms with Gasteiger partial charge in [0.15, 0.2) is 0 Å². The van der Waals surface area contributed by atoms with Crippen molar-refractivity contribution in [2.24, 2.45) is 0 Å². The van der Waals surface area contributed by atoms with Crippen LogP contribution in [-0.2, 0) is 0 Å². The molecule has 2 rings (SSSR count). The standard InChI is InChI=1S/C24H33O2/c1-3-5-7-12-18-25-22-16-17-23(21-14-10-9-11-15-21)24(20-22)26-19-13-8-6-4-2/h10-11,14-17,20H,3-8,12-13,18-19H2,1-2H3. The Hall–Kier alpha value is -1.96. The molecule has 0 aliphatic carbocycles. The van der Waals surface area contributed by atoms with Gasteiger partial charge in [-0.1, -0.05) is 76.6 Å². The summed E-state index contributed by atoms with van der Waals surface area (Å²) in [4.78, 5) is 0. The fourth-order valence-corrected chi connectivity index (χ4v) is 2.95. The average molecular weight is 354 g/mol. The van der Waals surface area contributed by atoms with Crippen molar-refractivity contribution < 1.29 is 9.47 Å². The predicted octanol–water partition coefficient (Wildman–Crippen LogP) is 7.07. The third-order valence-electron chi connectivity index (χ3n) is 4.50. The van der Waals surface area contributed by atoms with Gasteiger partial charge in [0.05, 0.1) is 13.2 Å². The first-order chi connectivity index (χ1) is 12.8. The van der Waals surface area contributed by atoms with E-state index in [1.807, 2.05) is 18.2 Å². The quantitative estimate of drug-likeness (QED) is 0.358. The van der Waals surface area contributed by atoms with E-state index in [2.05, 4.69) is 44.2 Å². The maximum atomic E-state index is 6.13. The van der Waals surface area contributed by atoms with Gasteiger partial charge in [0.25, 0.3) is 0 Å². The Bertz CT molecular complexity index is 607. The molecule has 0 unspecified atom stereocenters. The average Bonchev–Trinajstić information content (AvgIpc) is 2.68. The van der Waals surface area contributed by atoms with Gasteiger partial charge in [0.2, 0.25) is 0 Å². The highest BCUT2D eigenvalue weighted by molar-refractivity contribution is 5.71. The molecule has 0 fully saturated rings. The molecule has 2 nitrogen and oxygen atoms in total. The van der Waals surface area contributed by atoms with Gasteiger partial charge in [-0.25, -0.2) is 0 Å². The van der Waals surface area contributed by atoms with Crippen LogP contribution < -0.4 is 9.47 Å². The molecular formula is C24H33O2. The van der Waals surface area contributed by atoms with Gasteiger partial charge in [-0.2, -0.15) is 0 Å². The SMILES string of the molecule is CCCCCCOc1ccc(-c2cc[c]cc2)c(OCCCCCC)c1. The second-order valence-electron chi connectivity index (χ2n) is 6.76. The fourth-order valence-electron chi connectivity index (χ4n) is 2.95. The molecule has 0 heterocycles. The highest BCUT2D eigenvalue weighted by atomic mass is 16.5. The van der Waals surface area contributed by atoms with Gasteiger partial charge in [-0.05, 0) is 36.6 Å². The lowest BCUT2D eigenvalue weighted by Crippen LogP contribution is -2.01. The zero-order valence-electron chi connectivity index (χ0n) is 16.4. The van der Waals surface area contributed by atoms with Crippen LogP contribution >= 0.6 is 0 Å².